The predicted octanol–water partition coefficient (Wildman–Crippen LogP) is 0.454. The first-order valence-corrected chi connectivity index (χ1v) is 7.11. The lowest BCUT2D eigenvalue weighted by atomic mass is 10.2. The van der Waals surface area contributed by atoms with Gasteiger partial charge in [0.25, 0.3) is 10.0 Å². The van der Waals surface area contributed by atoms with Crippen LogP contribution >= 0.6 is 0 Å². The van der Waals surface area contributed by atoms with E-state index >= 15 is 0 Å². The van der Waals surface area contributed by atoms with Crippen LogP contribution in [0.25, 0.3) is 0 Å². The van der Waals surface area contributed by atoms with E-state index in [1.807, 2.05) is 0 Å². The molecule has 0 unspecified atom stereocenters. The van der Waals surface area contributed by atoms with Gasteiger partial charge in [-0.1, -0.05) is 5.16 Å². The van der Waals surface area contributed by atoms with E-state index in [9.17, 15) is 12.8 Å². The van der Waals surface area contributed by atoms with Crippen LogP contribution in [-0.2, 0) is 17.1 Å². The molecule has 0 radical (unpaired) electrons. The van der Waals surface area contributed by atoms with Crippen molar-refractivity contribution in [3.05, 3.63) is 42.0 Å². The van der Waals surface area contributed by atoms with Gasteiger partial charge in [0, 0.05) is 18.8 Å². The molecular formula is C11H12FN5O3S. The second kappa shape index (κ2) is 5.40. The van der Waals surface area contributed by atoms with Gasteiger partial charge in [0.05, 0.1) is 11.9 Å². The molecule has 2 rings (SSSR count). The zero-order valence-corrected chi connectivity index (χ0v) is 11.7. The number of aromatic nitrogens is 2. The summed E-state index contributed by atoms with van der Waals surface area (Å²) in [7, 11) is -2.38. The number of nitrogens with one attached hydrogen (secondary N) is 1. The van der Waals surface area contributed by atoms with Crippen LogP contribution < -0.4 is 10.5 Å². The van der Waals surface area contributed by atoms with Gasteiger partial charge in [0.2, 0.25) is 0 Å². The maximum Gasteiger partial charge on any atom is 0.265 e. The van der Waals surface area contributed by atoms with Gasteiger partial charge in [0.1, 0.15) is 10.7 Å². The highest BCUT2D eigenvalue weighted by atomic mass is 32.2. The van der Waals surface area contributed by atoms with Crippen molar-refractivity contribution in [2.75, 3.05) is 4.72 Å². The predicted molar refractivity (Wildman–Crippen MR) is 72.9 cm³/mol. The number of sulfonamides is 1. The van der Waals surface area contributed by atoms with E-state index in [1.165, 1.54) is 23.0 Å². The molecule has 0 saturated carbocycles. The quantitative estimate of drug-likeness (QED) is 0.327. The van der Waals surface area contributed by atoms with Crippen molar-refractivity contribution in [2.24, 2.45) is 17.9 Å². The van der Waals surface area contributed by atoms with Crippen molar-refractivity contribution in [3.63, 3.8) is 0 Å². The largest absolute Gasteiger partial charge is 0.409 e. The van der Waals surface area contributed by atoms with Crippen LogP contribution in [0.15, 0.2) is 40.6 Å². The highest BCUT2D eigenvalue weighted by Crippen LogP contribution is 2.20. The number of nitrogens with two attached hydrogens (primary N) is 1. The monoisotopic (exact) mass is 313 g/mol. The summed E-state index contributed by atoms with van der Waals surface area (Å²) in [5.41, 5.74) is 5.19. The van der Waals surface area contributed by atoms with E-state index in [0.717, 1.165) is 12.3 Å². The van der Waals surface area contributed by atoms with Gasteiger partial charge < -0.3 is 10.9 Å². The lowest BCUT2D eigenvalue weighted by molar-refractivity contribution is 0.318. The lowest BCUT2D eigenvalue weighted by Gasteiger charge is -2.08. The first kappa shape index (κ1) is 14.8. The van der Waals surface area contributed by atoms with E-state index < -0.39 is 15.8 Å². The number of benzene rings is 1. The Balaban J connectivity index is 2.32. The molecular weight excluding hydrogens is 301 g/mol. The molecule has 0 bridgehead atoms. The lowest BCUT2D eigenvalue weighted by Crippen LogP contribution is -2.16. The summed E-state index contributed by atoms with van der Waals surface area (Å²) < 4.78 is 41.3. The van der Waals surface area contributed by atoms with Crippen molar-refractivity contribution < 1.29 is 18.0 Å². The van der Waals surface area contributed by atoms with Gasteiger partial charge in [-0.05, 0) is 18.2 Å². The number of rotatable bonds is 4. The van der Waals surface area contributed by atoms with Gasteiger partial charge in [-0.3, -0.25) is 9.40 Å². The molecule has 0 fully saturated rings. The molecule has 1 aromatic heterocycles. The summed E-state index contributed by atoms with van der Waals surface area (Å²) >= 11 is 0. The Hall–Kier alpha value is -2.62. The summed E-state index contributed by atoms with van der Waals surface area (Å²) in [6, 6.07) is 3.45. The number of nitrogens with zero attached hydrogens (tertiary/aromatic N) is 3. The fourth-order valence-corrected chi connectivity index (χ4v) is 2.61. The highest BCUT2D eigenvalue weighted by Gasteiger charge is 2.18. The Labute approximate surface area is 119 Å². The fourth-order valence-electron chi connectivity index (χ4n) is 1.56. The first-order chi connectivity index (χ1) is 9.83. The van der Waals surface area contributed by atoms with E-state index in [0.29, 0.717) is 0 Å². The molecule has 0 aliphatic carbocycles. The Morgan fingerprint density at radius 3 is 2.76 bits per heavy atom. The van der Waals surface area contributed by atoms with Crippen LogP contribution in [-0.4, -0.2) is 29.2 Å². The number of halogens is 1. The molecule has 4 N–H and O–H groups in total. The smallest absolute Gasteiger partial charge is 0.265 e. The standard InChI is InChI=1S/C11H12FN5O3S/c1-17-6-8(5-14-17)21(19,20)16-10-3-2-7(4-9(10)12)11(13)15-18/h2-6,16,18H,1H3,(H2,13,15). The number of hydrogen-bond donors (Lipinski definition) is 3. The maximum atomic E-state index is 13.9. The maximum absolute atomic E-state index is 13.9. The average Bonchev–Trinajstić information content (AvgIpc) is 2.87. The number of oxime groups is 1. The summed E-state index contributed by atoms with van der Waals surface area (Å²) in [6.45, 7) is 0. The van der Waals surface area contributed by atoms with Gasteiger partial charge >= 0.3 is 0 Å². The summed E-state index contributed by atoms with van der Waals surface area (Å²) in [5, 5.41) is 15.0. The van der Waals surface area contributed by atoms with Crippen molar-refractivity contribution in [1.82, 2.24) is 9.78 Å². The van der Waals surface area contributed by atoms with Gasteiger partial charge in [-0.15, -0.1) is 0 Å². The Morgan fingerprint density at radius 2 is 2.24 bits per heavy atom. The molecule has 10 heteroatoms. The molecule has 0 saturated heterocycles. The Kier molecular flexibility index (Phi) is 3.80. The molecule has 0 aliphatic heterocycles. The molecule has 21 heavy (non-hydrogen) atoms. The minimum atomic E-state index is -3.94. The summed E-state index contributed by atoms with van der Waals surface area (Å²) in [6.07, 6.45) is 2.43. The van der Waals surface area contributed by atoms with E-state index in [-0.39, 0.29) is 22.0 Å². The van der Waals surface area contributed by atoms with E-state index in [1.54, 1.807) is 7.05 Å². The first-order valence-electron chi connectivity index (χ1n) is 5.62. The number of anilines is 1. The third kappa shape index (κ3) is 3.11. The third-order valence-corrected chi connectivity index (χ3v) is 3.93. The van der Waals surface area contributed by atoms with Crippen LogP contribution in [0.4, 0.5) is 10.1 Å². The van der Waals surface area contributed by atoms with Crippen molar-refractivity contribution in [2.45, 2.75) is 4.90 Å². The molecule has 1 aromatic carbocycles. The highest BCUT2D eigenvalue weighted by molar-refractivity contribution is 7.92. The Morgan fingerprint density at radius 1 is 1.52 bits per heavy atom. The zero-order chi connectivity index (χ0) is 15.6. The van der Waals surface area contributed by atoms with Crippen LogP contribution in [0.5, 0.6) is 0 Å². The topological polar surface area (TPSA) is 123 Å². The molecule has 0 spiro atoms. The van der Waals surface area contributed by atoms with Crippen LogP contribution in [0.2, 0.25) is 0 Å². The van der Waals surface area contributed by atoms with Crippen molar-refractivity contribution in [1.29, 1.82) is 0 Å². The number of aryl methyl sites for hydroxylation is 1. The second-order valence-corrected chi connectivity index (χ2v) is 5.82. The minimum absolute atomic E-state index is 0.0927. The van der Waals surface area contributed by atoms with Crippen LogP contribution in [0.1, 0.15) is 5.56 Å². The minimum Gasteiger partial charge on any atom is -0.409 e. The molecule has 0 aliphatic rings. The SMILES string of the molecule is Cn1cc(S(=O)(=O)Nc2ccc(/C(N)=N/O)cc2F)cn1. The normalized spacial score (nSPS) is 12.4. The van der Waals surface area contributed by atoms with Crippen LogP contribution in [0, 0.1) is 5.82 Å². The van der Waals surface area contributed by atoms with Gasteiger partial charge in [-0.25, -0.2) is 12.8 Å². The average molecular weight is 313 g/mol. The van der Waals surface area contributed by atoms with Gasteiger partial charge in [0.15, 0.2) is 5.84 Å². The van der Waals surface area contributed by atoms with Gasteiger partial charge in [-0.2, -0.15) is 5.10 Å². The molecule has 0 amide bonds. The fraction of sp³-hybridized carbons (Fsp3) is 0.0909. The molecule has 1 heterocycles. The molecule has 2 aromatic rings. The number of amidine groups is 1. The second-order valence-electron chi connectivity index (χ2n) is 4.14. The zero-order valence-electron chi connectivity index (χ0n) is 10.9. The van der Waals surface area contributed by atoms with Crippen molar-refractivity contribution in [3.8, 4) is 0 Å². The third-order valence-electron chi connectivity index (χ3n) is 2.61. The summed E-state index contributed by atoms with van der Waals surface area (Å²) in [5.74, 6) is -1.14. The Bertz CT molecular complexity index is 800. The summed E-state index contributed by atoms with van der Waals surface area (Å²) in [4.78, 5) is -0.0927. The molecule has 112 valence electrons. The van der Waals surface area contributed by atoms with Crippen molar-refractivity contribution >= 4 is 21.5 Å². The molecule has 8 nitrogen and oxygen atoms in total. The molecule has 0 atom stereocenters. The van der Waals surface area contributed by atoms with E-state index in [2.05, 4.69) is 15.0 Å². The van der Waals surface area contributed by atoms with E-state index in [4.69, 9.17) is 10.9 Å². The van der Waals surface area contributed by atoms with Crippen LogP contribution in [0.3, 0.4) is 0 Å². The number of hydrogen-bond acceptors (Lipinski definition) is 5.